The Bertz CT molecular complexity index is 91.0. The monoisotopic (exact) mass is 128 g/mol. The molecule has 0 aliphatic carbocycles. The van der Waals surface area contributed by atoms with Crippen LogP contribution in [0.3, 0.4) is 0 Å². The molecule has 0 aromatic carbocycles. The zero-order valence-electron chi connectivity index (χ0n) is 6.29. The van der Waals surface area contributed by atoms with Crippen LogP contribution in [0.4, 0.5) is 0 Å². The molecule has 0 atom stereocenters. The lowest BCUT2D eigenvalue weighted by Gasteiger charge is -2.16. The van der Waals surface area contributed by atoms with Gasteiger partial charge in [-0.1, -0.05) is 0 Å². The van der Waals surface area contributed by atoms with E-state index in [0.29, 0.717) is 0 Å². The van der Waals surface area contributed by atoms with Gasteiger partial charge in [0, 0.05) is 20.2 Å². The lowest BCUT2D eigenvalue weighted by atomic mass is 10.0. The molecule has 1 fully saturated rings. The van der Waals surface area contributed by atoms with Gasteiger partial charge in [-0.2, -0.15) is 0 Å². The van der Waals surface area contributed by atoms with E-state index in [1.807, 2.05) is 0 Å². The first-order chi connectivity index (χ1) is 4.25. The fourth-order valence-corrected chi connectivity index (χ4v) is 1.23. The number of nitrogens with zero attached hydrogens (tertiary/aromatic N) is 2. The quantitative estimate of drug-likeness (QED) is 0.442. The molecule has 0 amide bonds. The van der Waals surface area contributed by atoms with E-state index in [1.165, 1.54) is 0 Å². The summed E-state index contributed by atoms with van der Waals surface area (Å²) in [7, 11) is 6.07. The van der Waals surface area contributed by atoms with Gasteiger partial charge in [-0.15, -0.1) is 0 Å². The molecule has 9 heavy (non-hydrogen) atoms. The molecule has 1 saturated heterocycles. The molecule has 1 aliphatic heterocycles. The van der Waals surface area contributed by atoms with Crippen LogP contribution in [0.15, 0.2) is 0 Å². The lowest BCUT2D eigenvalue weighted by Crippen LogP contribution is -2.41. The maximum Gasteiger partial charge on any atom is 0.478 e. The zero-order valence-corrected chi connectivity index (χ0v) is 6.29. The Balaban J connectivity index is 2.44. The number of rotatable bonds is 1. The van der Waals surface area contributed by atoms with Gasteiger partial charge < -0.3 is 14.3 Å². The summed E-state index contributed by atoms with van der Waals surface area (Å²) >= 11 is 0. The van der Waals surface area contributed by atoms with Crippen LogP contribution in [0.25, 0.3) is 0 Å². The molecule has 0 aromatic rings. The summed E-state index contributed by atoms with van der Waals surface area (Å²) in [4.78, 5) is 4.36. The third-order valence-electron chi connectivity index (χ3n) is 1.77. The van der Waals surface area contributed by atoms with E-state index >= 15 is 0 Å². The van der Waals surface area contributed by atoms with Crippen molar-refractivity contribution in [1.82, 2.24) is 9.62 Å². The zero-order chi connectivity index (χ0) is 6.85. The second kappa shape index (κ2) is 2.69. The third-order valence-corrected chi connectivity index (χ3v) is 1.77. The van der Waals surface area contributed by atoms with Crippen LogP contribution >= 0.6 is 0 Å². The summed E-state index contributed by atoms with van der Waals surface area (Å²) in [6, 6.07) is 0. The Morgan fingerprint density at radius 1 is 1.22 bits per heavy atom. The van der Waals surface area contributed by atoms with Gasteiger partial charge in [0.2, 0.25) is 0 Å². The minimum atomic E-state index is 0.199. The minimum absolute atomic E-state index is 0.199. The van der Waals surface area contributed by atoms with E-state index < -0.39 is 0 Å². The molecule has 0 spiro atoms. The average Bonchev–Trinajstić information content (AvgIpc) is 2.12. The Morgan fingerprint density at radius 3 is 1.89 bits per heavy atom. The normalized spacial score (nSPS) is 23.7. The first-order valence-corrected chi connectivity index (χ1v) is 3.19. The second-order valence-corrected chi connectivity index (χ2v) is 2.52. The molecule has 52 valence electrons. The van der Waals surface area contributed by atoms with Crippen molar-refractivity contribution in [1.29, 1.82) is 0 Å². The van der Waals surface area contributed by atoms with Crippen molar-refractivity contribution in [2.45, 2.75) is 0 Å². The highest BCUT2D eigenvalue weighted by Gasteiger charge is 2.32. The van der Waals surface area contributed by atoms with Crippen molar-refractivity contribution >= 4 is 7.19 Å². The Hall–Kier alpha value is -0.0551. The first kappa shape index (κ1) is 7.06. The molecule has 0 bridgehead atoms. The van der Waals surface area contributed by atoms with Crippen molar-refractivity contribution in [2.24, 2.45) is 0 Å². The molecular formula is C5H13BN2O. The molecule has 1 heterocycles. The van der Waals surface area contributed by atoms with Gasteiger partial charge in [0.15, 0.2) is 0 Å². The Kier molecular flexibility index (Phi) is 2.11. The SMILES string of the molecule is COB1N(C)CCN1C. The van der Waals surface area contributed by atoms with Gasteiger partial charge in [-0.3, -0.25) is 0 Å². The topological polar surface area (TPSA) is 15.7 Å². The number of hydrogen-bond donors (Lipinski definition) is 0. The van der Waals surface area contributed by atoms with Gasteiger partial charge >= 0.3 is 7.19 Å². The fraction of sp³-hybridized carbons (Fsp3) is 1.00. The van der Waals surface area contributed by atoms with Gasteiger partial charge in [0.05, 0.1) is 0 Å². The maximum absolute atomic E-state index is 5.19. The summed E-state index contributed by atoms with van der Waals surface area (Å²) < 4.78 is 5.19. The predicted octanol–water partition coefficient (Wildman–Crippen LogP) is -0.505. The molecule has 0 aromatic heterocycles. The number of hydrogen-bond acceptors (Lipinski definition) is 3. The van der Waals surface area contributed by atoms with Crippen LogP contribution in [-0.2, 0) is 4.65 Å². The van der Waals surface area contributed by atoms with Crippen molar-refractivity contribution in [3.63, 3.8) is 0 Å². The summed E-state index contributed by atoms with van der Waals surface area (Å²) in [5, 5.41) is 0. The first-order valence-electron chi connectivity index (χ1n) is 3.19. The van der Waals surface area contributed by atoms with Crippen LogP contribution in [0.1, 0.15) is 0 Å². The summed E-state index contributed by atoms with van der Waals surface area (Å²) in [5.74, 6) is 0. The molecule has 4 heteroatoms. The van der Waals surface area contributed by atoms with E-state index in [2.05, 4.69) is 23.7 Å². The van der Waals surface area contributed by atoms with Crippen LogP contribution < -0.4 is 0 Å². The third kappa shape index (κ3) is 1.26. The highest BCUT2D eigenvalue weighted by atomic mass is 16.4. The number of likely N-dealkylation sites (N-methyl/N-ethyl adjacent to an activating group) is 2. The van der Waals surface area contributed by atoms with Crippen molar-refractivity contribution in [3.05, 3.63) is 0 Å². The van der Waals surface area contributed by atoms with Crippen molar-refractivity contribution in [2.75, 3.05) is 34.3 Å². The molecule has 1 aliphatic rings. The van der Waals surface area contributed by atoms with Crippen molar-refractivity contribution in [3.8, 4) is 0 Å². The second-order valence-electron chi connectivity index (χ2n) is 2.52. The van der Waals surface area contributed by atoms with Crippen LogP contribution in [0.2, 0.25) is 0 Å². The van der Waals surface area contributed by atoms with Crippen LogP contribution in [0, 0.1) is 0 Å². The smallest absolute Gasteiger partial charge is 0.411 e. The lowest BCUT2D eigenvalue weighted by molar-refractivity contribution is 0.332. The largest absolute Gasteiger partial charge is 0.478 e. The van der Waals surface area contributed by atoms with E-state index in [-0.39, 0.29) is 7.19 Å². The van der Waals surface area contributed by atoms with Crippen molar-refractivity contribution < 1.29 is 4.65 Å². The van der Waals surface area contributed by atoms with Gasteiger partial charge in [0.1, 0.15) is 0 Å². The molecule has 0 N–H and O–H groups in total. The summed E-state index contributed by atoms with van der Waals surface area (Å²) in [6.07, 6.45) is 0. The predicted molar refractivity (Wildman–Crippen MR) is 38.0 cm³/mol. The highest BCUT2D eigenvalue weighted by Crippen LogP contribution is 2.04. The summed E-state index contributed by atoms with van der Waals surface area (Å²) in [6.45, 7) is 2.21. The summed E-state index contributed by atoms with van der Waals surface area (Å²) in [5.41, 5.74) is 0. The minimum Gasteiger partial charge on any atom is -0.411 e. The van der Waals surface area contributed by atoms with Gasteiger partial charge in [0.25, 0.3) is 0 Å². The van der Waals surface area contributed by atoms with Gasteiger partial charge in [-0.05, 0) is 14.1 Å². The molecule has 1 rings (SSSR count). The van der Waals surface area contributed by atoms with E-state index in [4.69, 9.17) is 4.65 Å². The molecule has 0 unspecified atom stereocenters. The van der Waals surface area contributed by atoms with E-state index in [1.54, 1.807) is 7.11 Å². The Morgan fingerprint density at radius 2 is 1.67 bits per heavy atom. The van der Waals surface area contributed by atoms with Gasteiger partial charge in [-0.25, -0.2) is 0 Å². The maximum atomic E-state index is 5.19. The molecule has 3 nitrogen and oxygen atoms in total. The molecule has 0 saturated carbocycles. The average molecular weight is 128 g/mol. The van der Waals surface area contributed by atoms with Crippen LogP contribution in [0.5, 0.6) is 0 Å². The van der Waals surface area contributed by atoms with Crippen LogP contribution in [-0.4, -0.2) is 51.1 Å². The fourth-order valence-electron chi connectivity index (χ4n) is 1.23. The molecular weight excluding hydrogens is 115 g/mol. The Labute approximate surface area is 56.7 Å². The highest BCUT2D eigenvalue weighted by molar-refractivity contribution is 6.45. The molecule has 0 radical (unpaired) electrons. The van der Waals surface area contributed by atoms with E-state index in [9.17, 15) is 0 Å². The standard InChI is InChI=1S/C5H13BN2O/c1-7-4-5-8(2)6(7)9-3/h4-5H2,1-3H3. The van der Waals surface area contributed by atoms with E-state index in [0.717, 1.165) is 13.1 Å².